The number of imide groups is 1. The fourth-order valence-electron chi connectivity index (χ4n) is 0.243. The minimum absolute atomic E-state index is 0.620. The second-order valence-electron chi connectivity index (χ2n) is 0.952. The van der Waals surface area contributed by atoms with Crippen LogP contribution in [0.25, 0.3) is 0 Å². The number of ether oxygens (including phenoxy) is 1. The van der Waals surface area contributed by atoms with Crippen molar-refractivity contribution in [2.45, 2.75) is 0 Å². The first kappa shape index (κ1) is 4.11. The highest BCUT2D eigenvalue weighted by atomic mass is 16.6. The highest BCUT2D eigenvalue weighted by molar-refractivity contribution is 6.01. The molecule has 1 aliphatic heterocycles. The Hall–Kier alpha value is -1.06. The highest BCUT2D eigenvalue weighted by Crippen LogP contribution is 1.93. The lowest BCUT2D eigenvalue weighted by Gasteiger charge is -1.74. The van der Waals surface area contributed by atoms with E-state index in [1.807, 2.05) is 0 Å². The predicted octanol–water partition coefficient (Wildman–Crippen LogP) is -0.571. The number of cyclic esters (lactones) is 1. The molecule has 1 saturated heterocycles. The van der Waals surface area contributed by atoms with Gasteiger partial charge in [-0.05, 0) is 0 Å². The van der Waals surface area contributed by atoms with Gasteiger partial charge in [0.1, 0.15) is 0 Å². The summed E-state index contributed by atoms with van der Waals surface area (Å²) in [6.07, 6.45) is -0.829. The van der Waals surface area contributed by atoms with Gasteiger partial charge in [-0.15, -0.1) is 5.32 Å². The molecular formula is C3HNO3. The molecule has 1 rings (SSSR count). The molecule has 0 aromatic rings. The van der Waals surface area contributed by atoms with Gasteiger partial charge in [0.05, 0.1) is 0 Å². The molecule has 0 bridgehead atoms. The summed E-state index contributed by atoms with van der Waals surface area (Å²) in [5.74, 6) is -0.620. The van der Waals surface area contributed by atoms with E-state index in [1.54, 1.807) is 0 Å². The van der Waals surface area contributed by atoms with E-state index in [9.17, 15) is 9.59 Å². The minimum Gasteiger partial charge on any atom is -0.430 e. The zero-order valence-corrected chi connectivity index (χ0v) is 3.25. The summed E-state index contributed by atoms with van der Waals surface area (Å²) in [7, 11) is 0. The first-order valence-electron chi connectivity index (χ1n) is 1.58. The maximum absolute atomic E-state index is 9.89. The summed E-state index contributed by atoms with van der Waals surface area (Å²) in [5.41, 5.74) is 0. The second-order valence-corrected chi connectivity index (χ2v) is 0.952. The van der Waals surface area contributed by atoms with Crippen molar-refractivity contribution in [1.82, 2.24) is 5.32 Å². The van der Waals surface area contributed by atoms with Gasteiger partial charge in [0.25, 0.3) is 5.91 Å². The molecule has 1 fully saturated rings. The van der Waals surface area contributed by atoms with E-state index in [2.05, 4.69) is 10.1 Å². The number of rotatable bonds is 0. The Morgan fingerprint density at radius 3 is 2.43 bits per heavy atom. The van der Waals surface area contributed by atoms with Crippen LogP contribution in [0.2, 0.25) is 0 Å². The van der Waals surface area contributed by atoms with E-state index in [4.69, 9.17) is 0 Å². The average Bonchev–Trinajstić information content (AvgIpc) is 1.87. The molecular weight excluding hydrogens is 98.0 g/mol. The lowest BCUT2D eigenvalue weighted by molar-refractivity contribution is -0.117. The van der Waals surface area contributed by atoms with Crippen LogP contribution in [0.4, 0.5) is 4.79 Å². The largest absolute Gasteiger partial charge is 0.437 e. The predicted molar refractivity (Wildman–Crippen MR) is 17.9 cm³/mol. The SMILES string of the molecule is O=C1[CH]OC(=O)[N]1. The Morgan fingerprint density at radius 2 is 2.29 bits per heavy atom. The maximum atomic E-state index is 9.89. The van der Waals surface area contributed by atoms with E-state index in [0.29, 0.717) is 0 Å². The monoisotopic (exact) mass is 99.0 g/mol. The van der Waals surface area contributed by atoms with Gasteiger partial charge in [0.2, 0.25) is 6.61 Å². The zero-order chi connectivity index (χ0) is 5.28. The number of nitrogens with zero attached hydrogens (tertiary/aromatic N) is 1. The van der Waals surface area contributed by atoms with E-state index in [-0.39, 0.29) is 0 Å². The van der Waals surface area contributed by atoms with Gasteiger partial charge in [-0.1, -0.05) is 0 Å². The quantitative estimate of drug-likeness (QED) is 0.408. The Balaban J connectivity index is 2.55. The molecule has 4 heteroatoms. The van der Waals surface area contributed by atoms with Gasteiger partial charge >= 0.3 is 6.09 Å². The number of hydrogen-bond donors (Lipinski definition) is 0. The van der Waals surface area contributed by atoms with Crippen molar-refractivity contribution < 1.29 is 14.3 Å². The van der Waals surface area contributed by atoms with Crippen molar-refractivity contribution in [1.29, 1.82) is 0 Å². The number of hydrogen-bond acceptors (Lipinski definition) is 3. The molecule has 0 atom stereocenters. The van der Waals surface area contributed by atoms with Crippen molar-refractivity contribution in [2.75, 3.05) is 0 Å². The van der Waals surface area contributed by atoms with Crippen LogP contribution < -0.4 is 5.32 Å². The van der Waals surface area contributed by atoms with Crippen LogP contribution in [0.1, 0.15) is 0 Å². The summed E-state index contributed by atoms with van der Waals surface area (Å²) in [5, 5.41) is 2.83. The van der Waals surface area contributed by atoms with Crippen LogP contribution in [-0.2, 0) is 9.53 Å². The third-order valence-electron chi connectivity index (χ3n) is 0.462. The molecule has 1 aliphatic rings. The van der Waals surface area contributed by atoms with Crippen LogP contribution in [0, 0.1) is 6.61 Å². The summed E-state index contributed by atoms with van der Waals surface area (Å²) in [6.45, 7) is 0.766. The standard InChI is InChI=1S/C3HNO3/c5-2-1-7-3(6)4-2/h1H. The third kappa shape index (κ3) is 0.677. The van der Waals surface area contributed by atoms with E-state index < -0.39 is 12.0 Å². The molecule has 4 nitrogen and oxygen atoms in total. The normalized spacial score (nSPS) is 18.9. The van der Waals surface area contributed by atoms with Gasteiger partial charge in [-0.2, -0.15) is 0 Å². The minimum atomic E-state index is -0.829. The lowest BCUT2D eigenvalue weighted by Crippen LogP contribution is -2.08. The first-order chi connectivity index (χ1) is 3.29. The summed E-state index contributed by atoms with van der Waals surface area (Å²) in [6, 6.07) is 0. The summed E-state index contributed by atoms with van der Waals surface area (Å²) >= 11 is 0. The molecule has 2 amide bonds. The second kappa shape index (κ2) is 1.22. The molecule has 0 unspecified atom stereocenters. The molecule has 0 aromatic heterocycles. The Morgan fingerprint density at radius 1 is 1.57 bits per heavy atom. The molecule has 1 heterocycles. The Labute approximate surface area is 39.4 Å². The molecule has 0 saturated carbocycles. The maximum Gasteiger partial charge on any atom is 0.437 e. The van der Waals surface area contributed by atoms with Crippen molar-refractivity contribution in [3.05, 3.63) is 6.61 Å². The van der Waals surface area contributed by atoms with Gasteiger partial charge < -0.3 is 4.74 Å². The first-order valence-corrected chi connectivity index (χ1v) is 1.58. The molecule has 0 spiro atoms. The molecule has 0 N–H and O–H groups in total. The Kier molecular flexibility index (Phi) is 0.714. The van der Waals surface area contributed by atoms with Crippen LogP contribution >= 0.6 is 0 Å². The third-order valence-corrected chi connectivity index (χ3v) is 0.462. The number of amides is 2. The molecule has 36 valence electrons. The van der Waals surface area contributed by atoms with Crippen molar-refractivity contribution in [3.63, 3.8) is 0 Å². The van der Waals surface area contributed by atoms with Gasteiger partial charge in [0.15, 0.2) is 0 Å². The van der Waals surface area contributed by atoms with Gasteiger partial charge in [0, 0.05) is 0 Å². The van der Waals surface area contributed by atoms with E-state index in [0.717, 1.165) is 6.61 Å². The molecule has 0 aliphatic carbocycles. The van der Waals surface area contributed by atoms with Crippen LogP contribution in [-0.4, -0.2) is 12.0 Å². The molecule has 0 aromatic carbocycles. The van der Waals surface area contributed by atoms with Crippen LogP contribution in [0.5, 0.6) is 0 Å². The van der Waals surface area contributed by atoms with Crippen LogP contribution in [0.15, 0.2) is 0 Å². The van der Waals surface area contributed by atoms with Crippen LogP contribution in [0.3, 0.4) is 0 Å². The van der Waals surface area contributed by atoms with Gasteiger partial charge in [-0.25, -0.2) is 4.79 Å². The smallest absolute Gasteiger partial charge is 0.430 e. The zero-order valence-electron chi connectivity index (χ0n) is 3.25. The average molecular weight is 99.0 g/mol. The molecule has 2 radical (unpaired) electrons. The van der Waals surface area contributed by atoms with Gasteiger partial charge in [-0.3, -0.25) is 4.79 Å². The molecule has 7 heavy (non-hydrogen) atoms. The van der Waals surface area contributed by atoms with Crippen molar-refractivity contribution >= 4 is 12.0 Å². The highest BCUT2D eigenvalue weighted by Gasteiger charge is 2.21. The lowest BCUT2D eigenvalue weighted by atomic mass is 10.7. The van der Waals surface area contributed by atoms with E-state index >= 15 is 0 Å². The number of carbonyl (C=O) groups is 2. The summed E-state index contributed by atoms with van der Waals surface area (Å²) in [4.78, 5) is 19.7. The fraction of sp³-hybridized carbons (Fsp3) is 0. The van der Waals surface area contributed by atoms with E-state index in [1.165, 1.54) is 0 Å². The van der Waals surface area contributed by atoms with Crippen molar-refractivity contribution in [2.24, 2.45) is 0 Å². The fourth-order valence-corrected chi connectivity index (χ4v) is 0.243. The number of carbonyl (C=O) groups excluding carboxylic acids is 2. The summed E-state index contributed by atoms with van der Waals surface area (Å²) < 4.78 is 3.98. The topological polar surface area (TPSA) is 57.5 Å². The van der Waals surface area contributed by atoms with Crippen molar-refractivity contribution in [3.8, 4) is 0 Å². The Bertz CT molecular complexity index is 105.